The SMILES string of the molecule is CN1CCCC(C(=O)NCC2CN(c3ccc(C(C)(C)C)nn3)C2)C1. The number of piperidine rings is 1. The Morgan fingerprint density at radius 1 is 1.24 bits per heavy atom. The van der Waals surface area contributed by atoms with Crippen LogP contribution in [0, 0.1) is 11.8 Å². The monoisotopic (exact) mass is 345 g/mol. The molecule has 1 aromatic heterocycles. The average Bonchev–Trinajstić information content (AvgIpc) is 2.52. The van der Waals surface area contributed by atoms with Crippen LogP contribution in [0.4, 0.5) is 5.82 Å². The zero-order valence-corrected chi connectivity index (χ0v) is 16.0. The van der Waals surface area contributed by atoms with Crippen molar-refractivity contribution in [1.82, 2.24) is 20.4 Å². The highest BCUT2D eigenvalue weighted by Crippen LogP contribution is 2.25. The first-order valence-electron chi connectivity index (χ1n) is 9.38. The number of anilines is 1. The van der Waals surface area contributed by atoms with Crippen molar-refractivity contribution in [3.63, 3.8) is 0 Å². The molecule has 2 aliphatic rings. The van der Waals surface area contributed by atoms with Gasteiger partial charge in [0.25, 0.3) is 0 Å². The van der Waals surface area contributed by atoms with Crippen molar-refractivity contribution in [3.05, 3.63) is 17.8 Å². The van der Waals surface area contributed by atoms with Gasteiger partial charge in [-0.1, -0.05) is 20.8 Å². The molecular weight excluding hydrogens is 314 g/mol. The van der Waals surface area contributed by atoms with Gasteiger partial charge in [0, 0.05) is 37.5 Å². The minimum absolute atomic E-state index is 0.0283. The molecule has 0 aromatic carbocycles. The van der Waals surface area contributed by atoms with Gasteiger partial charge in [-0.3, -0.25) is 4.79 Å². The summed E-state index contributed by atoms with van der Waals surface area (Å²) >= 11 is 0. The fraction of sp³-hybridized carbons (Fsp3) is 0.737. The van der Waals surface area contributed by atoms with E-state index in [1.807, 2.05) is 0 Å². The highest BCUT2D eigenvalue weighted by atomic mass is 16.1. The summed E-state index contributed by atoms with van der Waals surface area (Å²) in [6, 6.07) is 4.12. The van der Waals surface area contributed by atoms with Crippen LogP contribution in [0.2, 0.25) is 0 Å². The van der Waals surface area contributed by atoms with Gasteiger partial charge in [0.1, 0.15) is 0 Å². The van der Waals surface area contributed by atoms with Crippen LogP contribution in [-0.4, -0.2) is 60.8 Å². The van der Waals surface area contributed by atoms with E-state index < -0.39 is 0 Å². The second-order valence-corrected chi connectivity index (χ2v) is 8.64. The van der Waals surface area contributed by atoms with Crippen LogP contribution in [0.15, 0.2) is 12.1 Å². The number of rotatable bonds is 4. The number of nitrogens with zero attached hydrogens (tertiary/aromatic N) is 4. The average molecular weight is 345 g/mol. The van der Waals surface area contributed by atoms with Gasteiger partial charge in [0.05, 0.1) is 11.6 Å². The third-order valence-electron chi connectivity index (χ3n) is 5.26. The molecule has 0 saturated carbocycles. The first kappa shape index (κ1) is 18.1. The Kier molecular flexibility index (Phi) is 5.27. The molecule has 0 aliphatic carbocycles. The maximum absolute atomic E-state index is 12.3. The lowest BCUT2D eigenvalue weighted by molar-refractivity contribution is -0.126. The molecule has 6 nitrogen and oxygen atoms in total. The van der Waals surface area contributed by atoms with E-state index in [1.54, 1.807) is 0 Å². The lowest BCUT2D eigenvalue weighted by Crippen LogP contribution is -2.53. The van der Waals surface area contributed by atoms with E-state index in [9.17, 15) is 4.79 Å². The van der Waals surface area contributed by atoms with Crippen molar-refractivity contribution in [2.45, 2.75) is 39.0 Å². The van der Waals surface area contributed by atoms with E-state index in [0.29, 0.717) is 5.92 Å². The maximum atomic E-state index is 12.3. The van der Waals surface area contributed by atoms with Gasteiger partial charge >= 0.3 is 0 Å². The van der Waals surface area contributed by atoms with Crippen LogP contribution in [0.25, 0.3) is 0 Å². The molecular formula is C19H31N5O. The number of hydrogen-bond donors (Lipinski definition) is 1. The van der Waals surface area contributed by atoms with Crippen LogP contribution in [0.1, 0.15) is 39.3 Å². The van der Waals surface area contributed by atoms with Gasteiger partial charge < -0.3 is 15.1 Å². The zero-order valence-electron chi connectivity index (χ0n) is 16.0. The summed E-state index contributed by atoms with van der Waals surface area (Å²) in [4.78, 5) is 16.8. The minimum atomic E-state index is 0.0283. The highest BCUT2D eigenvalue weighted by Gasteiger charge is 2.30. The van der Waals surface area contributed by atoms with Gasteiger partial charge in [0.15, 0.2) is 5.82 Å². The van der Waals surface area contributed by atoms with Gasteiger partial charge in [-0.05, 0) is 38.6 Å². The van der Waals surface area contributed by atoms with Gasteiger partial charge in [-0.2, -0.15) is 5.10 Å². The predicted octanol–water partition coefficient (Wildman–Crippen LogP) is 1.67. The summed E-state index contributed by atoms with van der Waals surface area (Å²) in [5.41, 5.74) is 1.04. The minimum Gasteiger partial charge on any atom is -0.355 e. The highest BCUT2D eigenvalue weighted by molar-refractivity contribution is 5.79. The van der Waals surface area contributed by atoms with E-state index in [-0.39, 0.29) is 17.2 Å². The smallest absolute Gasteiger partial charge is 0.224 e. The second kappa shape index (κ2) is 7.28. The molecule has 1 aromatic rings. The standard InChI is InChI=1S/C19H31N5O/c1-19(2,3)16-7-8-17(22-21-16)24-11-14(12-24)10-20-18(25)15-6-5-9-23(4)13-15/h7-8,14-15H,5-6,9-13H2,1-4H3,(H,20,25). The Balaban J connectivity index is 1.41. The molecule has 3 heterocycles. The van der Waals surface area contributed by atoms with Gasteiger partial charge in [-0.25, -0.2) is 0 Å². The number of aromatic nitrogens is 2. The molecule has 6 heteroatoms. The Hall–Kier alpha value is -1.69. The van der Waals surface area contributed by atoms with Crippen LogP contribution in [0.3, 0.4) is 0 Å². The molecule has 1 unspecified atom stereocenters. The third kappa shape index (κ3) is 4.48. The molecule has 0 spiro atoms. The van der Waals surface area contributed by atoms with Crippen molar-refractivity contribution < 1.29 is 4.79 Å². The van der Waals surface area contributed by atoms with Crippen molar-refractivity contribution in [2.24, 2.45) is 11.8 Å². The van der Waals surface area contributed by atoms with E-state index in [0.717, 1.165) is 57.1 Å². The van der Waals surface area contributed by atoms with Crippen molar-refractivity contribution in [1.29, 1.82) is 0 Å². The Bertz CT molecular complexity index is 589. The summed E-state index contributed by atoms with van der Waals surface area (Å²) in [5, 5.41) is 11.9. The second-order valence-electron chi connectivity index (χ2n) is 8.64. The van der Waals surface area contributed by atoms with Gasteiger partial charge in [-0.15, -0.1) is 5.10 Å². The lowest BCUT2D eigenvalue weighted by Gasteiger charge is -2.40. The Morgan fingerprint density at radius 3 is 2.60 bits per heavy atom. The van der Waals surface area contributed by atoms with E-state index in [2.05, 4.69) is 65.3 Å². The largest absolute Gasteiger partial charge is 0.355 e. The van der Waals surface area contributed by atoms with Crippen LogP contribution >= 0.6 is 0 Å². The topological polar surface area (TPSA) is 61.4 Å². The summed E-state index contributed by atoms with van der Waals surface area (Å²) in [7, 11) is 2.09. The molecule has 0 radical (unpaired) electrons. The van der Waals surface area contributed by atoms with Crippen LogP contribution in [-0.2, 0) is 10.2 Å². The number of nitrogens with one attached hydrogen (secondary N) is 1. The molecule has 25 heavy (non-hydrogen) atoms. The molecule has 2 aliphatic heterocycles. The fourth-order valence-electron chi connectivity index (χ4n) is 3.55. The summed E-state index contributed by atoms with van der Waals surface area (Å²) in [6.45, 7) is 11.1. The third-order valence-corrected chi connectivity index (χ3v) is 5.26. The quantitative estimate of drug-likeness (QED) is 0.899. The number of carbonyl (C=O) groups is 1. The fourth-order valence-corrected chi connectivity index (χ4v) is 3.55. The summed E-state index contributed by atoms with van der Waals surface area (Å²) < 4.78 is 0. The van der Waals surface area contributed by atoms with E-state index in [1.165, 1.54) is 0 Å². The van der Waals surface area contributed by atoms with Crippen molar-refractivity contribution in [3.8, 4) is 0 Å². The molecule has 2 fully saturated rings. The summed E-state index contributed by atoms with van der Waals surface area (Å²) in [6.07, 6.45) is 2.14. The first-order valence-corrected chi connectivity index (χ1v) is 9.38. The molecule has 1 N–H and O–H groups in total. The number of likely N-dealkylation sites (tertiary alicyclic amines) is 1. The molecule has 138 valence electrons. The summed E-state index contributed by atoms with van der Waals surface area (Å²) in [5.74, 6) is 1.82. The van der Waals surface area contributed by atoms with Crippen molar-refractivity contribution in [2.75, 3.05) is 44.7 Å². The van der Waals surface area contributed by atoms with Crippen LogP contribution in [0.5, 0.6) is 0 Å². The first-order chi connectivity index (χ1) is 11.8. The van der Waals surface area contributed by atoms with Crippen molar-refractivity contribution >= 4 is 11.7 Å². The van der Waals surface area contributed by atoms with Crippen LogP contribution < -0.4 is 10.2 Å². The number of amides is 1. The Morgan fingerprint density at radius 2 is 2.00 bits per heavy atom. The molecule has 0 bridgehead atoms. The lowest BCUT2D eigenvalue weighted by atomic mass is 9.92. The van der Waals surface area contributed by atoms with E-state index in [4.69, 9.17) is 0 Å². The normalized spacial score (nSPS) is 22.6. The zero-order chi connectivity index (χ0) is 18.0. The van der Waals surface area contributed by atoms with E-state index >= 15 is 0 Å². The molecule has 1 atom stereocenters. The Labute approximate surface area is 151 Å². The molecule has 2 saturated heterocycles. The molecule has 3 rings (SSSR count). The predicted molar refractivity (Wildman–Crippen MR) is 99.7 cm³/mol. The number of carbonyl (C=O) groups excluding carboxylic acids is 1. The maximum Gasteiger partial charge on any atom is 0.224 e. The molecule has 1 amide bonds. The van der Waals surface area contributed by atoms with Gasteiger partial charge in [0.2, 0.25) is 5.91 Å². The number of hydrogen-bond acceptors (Lipinski definition) is 5.